The number of allylic oxidation sites excluding steroid dienone is 2. The largest absolute Gasteiger partial charge is 0.481 e. The highest BCUT2D eigenvalue weighted by molar-refractivity contribution is 5.66. The minimum atomic E-state index is -0.682. The molecule has 0 aliphatic rings. The van der Waals surface area contributed by atoms with E-state index < -0.39 is 5.97 Å². The number of hydrogen-bond donors (Lipinski definition) is 2. The fourth-order valence-electron chi connectivity index (χ4n) is 2.01. The molecule has 0 aliphatic heterocycles. The van der Waals surface area contributed by atoms with E-state index in [0.717, 1.165) is 51.4 Å². The van der Waals surface area contributed by atoms with E-state index >= 15 is 0 Å². The normalized spacial score (nSPS) is 12.9. The molecule has 0 heterocycles. The highest BCUT2D eigenvalue weighted by Crippen LogP contribution is 2.08. The van der Waals surface area contributed by atoms with E-state index in [1.54, 1.807) is 0 Å². The van der Waals surface area contributed by atoms with Gasteiger partial charge < -0.3 is 10.2 Å². The van der Waals surface area contributed by atoms with Gasteiger partial charge in [-0.15, -0.1) is 0 Å². The van der Waals surface area contributed by atoms with Crippen molar-refractivity contribution in [3.63, 3.8) is 0 Å². The molecule has 3 heteroatoms. The van der Waals surface area contributed by atoms with E-state index in [1.165, 1.54) is 12.8 Å². The predicted octanol–water partition coefficient (Wildman–Crippen LogP) is 4.30. The van der Waals surface area contributed by atoms with Crippen LogP contribution in [0.4, 0.5) is 0 Å². The minimum Gasteiger partial charge on any atom is -0.481 e. The lowest BCUT2D eigenvalue weighted by Crippen LogP contribution is -1.97. The molecule has 0 aromatic carbocycles. The number of aliphatic hydroxyl groups is 1. The Kier molecular flexibility index (Phi) is 13.0. The third kappa shape index (κ3) is 17.2. The smallest absolute Gasteiger partial charge is 0.303 e. The summed E-state index contributed by atoms with van der Waals surface area (Å²) in [7, 11) is 0. The Labute approximate surface area is 117 Å². The van der Waals surface area contributed by atoms with Gasteiger partial charge in [-0.2, -0.15) is 0 Å². The number of aliphatic carboxylic acids is 1. The van der Waals surface area contributed by atoms with E-state index in [9.17, 15) is 4.79 Å². The second-order valence-corrected chi connectivity index (χ2v) is 5.31. The Balaban J connectivity index is 3.10. The molecule has 0 aromatic rings. The van der Waals surface area contributed by atoms with Gasteiger partial charge in [0.1, 0.15) is 0 Å². The number of unbranched alkanes of at least 4 members (excludes halogenated alkanes) is 7. The zero-order valence-electron chi connectivity index (χ0n) is 12.3. The predicted molar refractivity (Wildman–Crippen MR) is 79.2 cm³/mol. The first kappa shape index (κ1) is 18.2. The highest BCUT2D eigenvalue weighted by atomic mass is 16.4. The van der Waals surface area contributed by atoms with Crippen molar-refractivity contribution >= 4 is 5.97 Å². The lowest BCUT2D eigenvalue weighted by atomic mass is 10.1. The summed E-state index contributed by atoms with van der Waals surface area (Å²) >= 11 is 0. The van der Waals surface area contributed by atoms with Gasteiger partial charge in [-0.05, 0) is 45.4 Å². The summed E-state index contributed by atoms with van der Waals surface area (Å²) in [6, 6.07) is 0. The van der Waals surface area contributed by atoms with Crippen molar-refractivity contribution < 1.29 is 15.0 Å². The molecule has 112 valence electrons. The van der Waals surface area contributed by atoms with Gasteiger partial charge in [0.05, 0.1) is 6.10 Å². The summed E-state index contributed by atoms with van der Waals surface area (Å²) in [5.74, 6) is -0.682. The number of hydrogen-bond acceptors (Lipinski definition) is 2. The number of aliphatic hydroxyl groups excluding tert-OH is 1. The van der Waals surface area contributed by atoms with E-state index in [1.807, 2.05) is 6.92 Å². The molecule has 0 aliphatic carbocycles. The molecule has 0 radical (unpaired) electrons. The molecule has 0 saturated carbocycles. The van der Waals surface area contributed by atoms with Gasteiger partial charge in [0.25, 0.3) is 0 Å². The van der Waals surface area contributed by atoms with Crippen molar-refractivity contribution in [1.29, 1.82) is 0 Å². The molecule has 0 saturated heterocycles. The van der Waals surface area contributed by atoms with Crippen molar-refractivity contribution in [2.75, 3.05) is 0 Å². The van der Waals surface area contributed by atoms with Crippen LogP contribution in [-0.2, 0) is 4.79 Å². The van der Waals surface area contributed by atoms with Gasteiger partial charge >= 0.3 is 5.97 Å². The average molecular weight is 270 g/mol. The zero-order chi connectivity index (χ0) is 14.3. The first-order chi connectivity index (χ1) is 9.13. The van der Waals surface area contributed by atoms with Crippen LogP contribution >= 0.6 is 0 Å². The minimum absolute atomic E-state index is 0.162. The molecular weight excluding hydrogens is 240 g/mol. The Bertz CT molecular complexity index is 234. The maximum Gasteiger partial charge on any atom is 0.303 e. The van der Waals surface area contributed by atoms with E-state index in [0.29, 0.717) is 6.42 Å². The lowest BCUT2D eigenvalue weighted by molar-refractivity contribution is -0.137. The van der Waals surface area contributed by atoms with Crippen molar-refractivity contribution in [3.05, 3.63) is 12.2 Å². The summed E-state index contributed by atoms with van der Waals surface area (Å²) in [5.41, 5.74) is 0. The van der Waals surface area contributed by atoms with Crippen LogP contribution in [0.3, 0.4) is 0 Å². The van der Waals surface area contributed by atoms with Crippen LogP contribution in [0.15, 0.2) is 12.2 Å². The van der Waals surface area contributed by atoms with Gasteiger partial charge in [0.15, 0.2) is 0 Å². The van der Waals surface area contributed by atoms with Gasteiger partial charge in [0, 0.05) is 6.42 Å². The number of carbonyl (C=O) groups is 1. The van der Waals surface area contributed by atoms with Crippen LogP contribution in [0.5, 0.6) is 0 Å². The van der Waals surface area contributed by atoms with E-state index in [2.05, 4.69) is 12.2 Å². The van der Waals surface area contributed by atoms with Crippen LogP contribution in [-0.4, -0.2) is 22.3 Å². The molecule has 0 bridgehead atoms. The molecule has 0 fully saturated rings. The fourth-order valence-corrected chi connectivity index (χ4v) is 2.01. The Morgan fingerprint density at radius 1 is 0.947 bits per heavy atom. The van der Waals surface area contributed by atoms with Gasteiger partial charge in [-0.25, -0.2) is 0 Å². The second kappa shape index (κ2) is 13.6. The van der Waals surface area contributed by atoms with Crippen molar-refractivity contribution in [2.45, 2.75) is 83.7 Å². The van der Waals surface area contributed by atoms with Crippen LogP contribution in [0.2, 0.25) is 0 Å². The molecular formula is C16H30O3. The molecule has 19 heavy (non-hydrogen) atoms. The Morgan fingerprint density at radius 2 is 1.47 bits per heavy atom. The number of carboxylic acid groups (broad SMARTS) is 1. The maximum atomic E-state index is 10.3. The van der Waals surface area contributed by atoms with Gasteiger partial charge in [0.2, 0.25) is 0 Å². The molecule has 2 N–H and O–H groups in total. The Morgan fingerprint density at radius 3 is 2.05 bits per heavy atom. The summed E-state index contributed by atoms with van der Waals surface area (Å²) < 4.78 is 0. The number of rotatable bonds is 13. The first-order valence-corrected chi connectivity index (χ1v) is 7.67. The zero-order valence-corrected chi connectivity index (χ0v) is 12.3. The lowest BCUT2D eigenvalue weighted by Gasteiger charge is -2.01. The highest BCUT2D eigenvalue weighted by Gasteiger charge is 1.96. The molecule has 0 aromatic heterocycles. The third-order valence-corrected chi connectivity index (χ3v) is 3.17. The van der Waals surface area contributed by atoms with Crippen LogP contribution in [0, 0.1) is 0 Å². The summed E-state index contributed by atoms with van der Waals surface area (Å²) in [5, 5.41) is 17.6. The third-order valence-electron chi connectivity index (χ3n) is 3.17. The summed E-state index contributed by atoms with van der Waals surface area (Å²) in [4.78, 5) is 10.3. The van der Waals surface area contributed by atoms with E-state index in [-0.39, 0.29) is 6.10 Å². The average Bonchev–Trinajstić information content (AvgIpc) is 2.34. The van der Waals surface area contributed by atoms with Gasteiger partial charge in [-0.1, -0.05) is 37.8 Å². The Hall–Kier alpha value is -0.830. The van der Waals surface area contributed by atoms with Crippen LogP contribution in [0.25, 0.3) is 0 Å². The number of carboxylic acids is 1. The molecule has 3 nitrogen and oxygen atoms in total. The second-order valence-electron chi connectivity index (χ2n) is 5.31. The quantitative estimate of drug-likeness (QED) is 0.387. The van der Waals surface area contributed by atoms with Crippen molar-refractivity contribution in [2.24, 2.45) is 0 Å². The van der Waals surface area contributed by atoms with E-state index in [4.69, 9.17) is 10.2 Å². The monoisotopic (exact) mass is 270 g/mol. The van der Waals surface area contributed by atoms with Crippen LogP contribution in [0.1, 0.15) is 77.6 Å². The van der Waals surface area contributed by atoms with Crippen molar-refractivity contribution in [3.8, 4) is 0 Å². The molecule has 0 rings (SSSR count). The molecule has 1 unspecified atom stereocenters. The molecule has 1 atom stereocenters. The summed E-state index contributed by atoms with van der Waals surface area (Å²) in [6.07, 6.45) is 15.5. The van der Waals surface area contributed by atoms with Crippen molar-refractivity contribution in [1.82, 2.24) is 0 Å². The fraction of sp³-hybridized carbons (Fsp3) is 0.812. The topological polar surface area (TPSA) is 57.5 Å². The standard InChI is InChI=1S/C16H30O3/c1-15(17)13-11-9-7-5-3-2-4-6-8-10-12-14-16(18)19/h3,5,15,17H,2,4,6-14H2,1H3,(H,18,19). The SMILES string of the molecule is CC(O)CCCCC=CCCCCCCCC(=O)O. The molecule has 0 spiro atoms. The molecule has 0 amide bonds. The maximum absolute atomic E-state index is 10.3. The summed E-state index contributed by atoms with van der Waals surface area (Å²) in [6.45, 7) is 1.84. The van der Waals surface area contributed by atoms with Crippen LogP contribution < -0.4 is 0 Å². The van der Waals surface area contributed by atoms with Gasteiger partial charge in [-0.3, -0.25) is 4.79 Å². The first-order valence-electron chi connectivity index (χ1n) is 7.67.